The number of methoxy groups -OCH3 is 1. The van der Waals surface area contributed by atoms with Crippen molar-refractivity contribution in [3.8, 4) is 5.75 Å². The van der Waals surface area contributed by atoms with Crippen LogP contribution in [0, 0.1) is 5.82 Å². The van der Waals surface area contributed by atoms with Crippen molar-refractivity contribution in [3.63, 3.8) is 0 Å². The van der Waals surface area contributed by atoms with Crippen molar-refractivity contribution >= 4 is 21.5 Å². The SMILES string of the molecule is CN=C(NCCS(=O)(=O)c1ccccc1F)NC1CCN(c2ccccc2OC)C1. The summed E-state index contributed by atoms with van der Waals surface area (Å²) in [6.45, 7) is 1.77. The van der Waals surface area contributed by atoms with Gasteiger partial charge in [0.15, 0.2) is 15.8 Å². The standard InChI is InChI=1S/C21H27FN4O3S/c1-23-21(24-12-14-30(27,28)20-10-6-3-7-17(20)22)25-16-11-13-26(15-16)18-8-4-5-9-19(18)29-2/h3-10,16H,11-15H2,1-2H3,(H2,23,24,25). The maximum absolute atomic E-state index is 13.8. The molecule has 30 heavy (non-hydrogen) atoms. The molecule has 2 N–H and O–H groups in total. The van der Waals surface area contributed by atoms with Gasteiger partial charge in [-0.05, 0) is 30.7 Å². The minimum atomic E-state index is -3.72. The van der Waals surface area contributed by atoms with Gasteiger partial charge in [0.05, 0.1) is 18.6 Å². The van der Waals surface area contributed by atoms with Gasteiger partial charge in [-0.15, -0.1) is 0 Å². The van der Waals surface area contributed by atoms with Crippen molar-refractivity contribution in [2.75, 3.05) is 44.4 Å². The maximum atomic E-state index is 13.8. The molecule has 1 unspecified atom stereocenters. The Kier molecular flexibility index (Phi) is 7.15. The molecule has 1 aliphatic rings. The first-order chi connectivity index (χ1) is 14.4. The first kappa shape index (κ1) is 21.9. The van der Waals surface area contributed by atoms with Gasteiger partial charge in [0.25, 0.3) is 0 Å². The predicted octanol–water partition coefficient (Wildman–Crippen LogP) is 2.05. The second-order valence-electron chi connectivity index (χ2n) is 7.00. The van der Waals surface area contributed by atoms with Crippen LogP contribution in [0.15, 0.2) is 58.4 Å². The number of rotatable bonds is 7. The predicted molar refractivity (Wildman–Crippen MR) is 117 cm³/mol. The first-order valence-electron chi connectivity index (χ1n) is 9.77. The lowest BCUT2D eigenvalue weighted by Crippen LogP contribution is -2.45. The molecule has 2 aromatic carbocycles. The summed E-state index contributed by atoms with van der Waals surface area (Å²) in [6, 6.07) is 13.5. The van der Waals surface area contributed by atoms with E-state index in [2.05, 4.69) is 20.5 Å². The summed E-state index contributed by atoms with van der Waals surface area (Å²) < 4.78 is 44.0. The summed E-state index contributed by atoms with van der Waals surface area (Å²) in [5, 5.41) is 6.34. The maximum Gasteiger partial charge on any atom is 0.191 e. The van der Waals surface area contributed by atoms with E-state index in [1.807, 2.05) is 24.3 Å². The van der Waals surface area contributed by atoms with E-state index in [0.717, 1.165) is 37.0 Å². The van der Waals surface area contributed by atoms with Gasteiger partial charge in [0.1, 0.15) is 16.5 Å². The van der Waals surface area contributed by atoms with Crippen LogP contribution in [0.2, 0.25) is 0 Å². The molecule has 0 aromatic heterocycles. The molecule has 0 bridgehead atoms. The third-order valence-electron chi connectivity index (χ3n) is 5.01. The minimum Gasteiger partial charge on any atom is -0.495 e. The molecule has 1 heterocycles. The average Bonchev–Trinajstić information content (AvgIpc) is 3.21. The number of nitrogens with zero attached hydrogens (tertiary/aromatic N) is 2. The summed E-state index contributed by atoms with van der Waals surface area (Å²) >= 11 is 0. The number of anilines is 1. The van der Waals surface area contributed by atoms with E-state index in [-0.39, 0.29) is 23.2 Å². The van der Waals surface area contributed by atoms with Crippen molar-refractivity contribution in [2.45, 2.75) is 17.4 Å². The van der Waals surface area contributed by atoms with Crippen molar-refractivity contribution in [1.29, 1.82) is 0 Å². The van der Waals surface area contributed by atoms with Crippen LogP contribution in [0.5, 0.6) is 5.75 Å². The van der Waals surface area contributed by atoms with Crippen molar-refractivity contribution in [2.24, 2.45) is 4.99 Å². The number of nitrogens with one attached hydrogen (secondary N) is 2. The third-order valence-corrected chi connectivity index (χ3v) is 6.76. The summed E-state index contributed by atoms with van der Waals surface area (Å²) in [5.74, 6) is 0.388. The average molecular weight is 435 g/mol. The highest BCUT2D eigenvalue weighted by Crippen LogP contribution is 2.30. The number of sulfone groups is 1. The normalized spacial score (nSPS) is 17.1. The van der Waals surface area contributed by atoms with E-state index in [1.54, 1.807) is 14.2 Å². The fraction of sp³-hybridized carbons (Fsp3) is 0.381. The van der Waals surface area contributed by atoms with Gasteiger partial charge in [-0.3, -0.25) is 4.99 Å². The quantitative estimate of drug-likeness (QED) is 0.513. The van der Waals surface area contributed by atoms with Gasteiger partial charge in [-0.25, -0.2) is 12.8 Å². The fourth-order valence-electron chi connectivity index (χ4n) is 3.49. The number of para-hydroxylation sites is 2. The number of ether oxygens (including phenoxy) is 1. The van der Waals surface area contributed by atoms with Crippen molar-refractivity contribution in [3.05, 3.63) is 54.3 Å². The summed E-state index contributed by atoms with van der Waals surface area (Å²) in [7, 11) is -0.426. The second-order valence-corrected chi connectivity index (χ2v) is 9.07. The van der Waals surface area contributed by atoms with Gasteiger partial charge in [-0.2, -0.15) is 0 Å². The van der Waals surface area contributed by atoms with Crippen molar-refractivity contribution in [1.82, 2.24) is 10.6 Å². The number of hydrogen-bond acceptors (Lipinski definition) is 5. The van der Waals surface area contributed by atoms with E-state index >= 15 is 0 Å². The number of aliphatic imine (C=N–C) groups is 1. The smallest absolute Gasteiger partial charge is 0.191 e. The topological polar surface area (TPSA) is 83.0 Å². The summed E-state index contributed by atoms with van der Waals surface area (Å²) in [5.41, 5.74) is 1.04. The van der Waals surface area contributed by atoms with E-state index in [1.165, 1.54) is 18.2 Å². The van der Waals surface area contributed by atoms with Crippen molar-refractivity contribution < 1.29 is 17.5 Å². The molecule has 3 rings (SSSR count). The lowest BCUT2D eigenvalue weighted by atomic mass is 10.2. The zero-order valence-electron chi connectivity index (χ0n) is 17.1. The highest BCUT2D eigenvalue weighted by Gasteiger charge is 2.25. The summed E-state index contributed by atoms with van der Waals surface area (Å²) in [4.78, 5) is 6.14. The highest BCUT2D eigenvalue weighted by molar-refractivity contribution is 7.91. The molecule has 1 atom stereocenters. The van der Waals surface area contributed by atoms with Crippen LogP contribution in [0.1, 0.15) is 6.42 Å². The molecule has 1 aliphatic heterocycles. The number of hydrogen-bond donors (Lipinski definition) is 2. The van der Waals surface area contributed by atoms with Crippen LogP contribution in [-0.2, 0) is 9.84 Å². The molecule has 1 fully saturated rings. The molecule has 9 heteroatoms. The van der Waals surface area contributed by atoms with Crippen LogP contribution in [-0.4, -0.2) is 60.0 Å². The van der Waals surface area contributed by atoms with Crippen LogP contribution >= 0.6 is 0 Å². The fourth-order valence-corrected chi connectivity index (χ4v) is 4.73. The van der Waals surface area contributed by atoms with Gasteiger partial charge in [0, 0.05) is 32.7 Å². The lowest BCUT2D eigenvalue weighted by Gasteiger charge is -2.22. The zero-order chi connectivity index (χ0) is 21.6. The Morgan fingerprint density at radius 3 is 2.70 bits per heavy atom. The Morgan fingerprint density at radius 1 is 1.23 bits per heavy atom. The molecular weight excluding hydrogens is 407 g/mol. The second kappa shape index (κ2) is 9.80. The molecule has 1 saturated heterocycles. The molecule has 0 radical (unpaired) electrons. The third kappa shape index (κ3) is 5.21. The molecule has 0 aliphatic carbocycles. The first-order valence-corrected chi connectivity index (χ1v) is 11.4. The van der Waals surface area contributed by atoms with Gasteiger partial charge in [0.2, 0.25) is 0 Å². The van der Waals surface area contributed by atoms with E-state index in [0.29, 0.717) is 5.96 Å². The molecule has 0 amide bonds. The zero-order valence-corrected chi connectivity index (χ0v) is 18.0. The van der Waals surface area contributed by atoms with Crippen LogP contribution < -0.4 is 20.3 Å². The Morgan fingerprint density at radius 2 is 1.97 bits per heavy atom. The highest BCUT2D eigenvalue weighted by atomic mass is 32.2. The molecule has 7 nitrogen and oxygen atoms in total. The van der Waals surface area contributed by atoms with Crippen LogP contribution in [0.4, 0.5) is 10.1 Å². The molecule has 0 saturated carbocycles. The van der Waals surface area contributed by atoms with Gasteiger partial charge in [-0.1, -0.05) is 24.3 Å². The molecule has 162 valence electrons. The molecular formula is C21H27FN4O3S. The van der Waals surface area contributed by atoms with Crippen LogP contribution in [0.3, 0.4) is 0 Å². The van der Waals surface area contributed by atoms with Crippen LogP contribution in [0.25, 0.3) is 0 Å². The van der Waals surface area contributed by atoms with E-state index < -0.39 is 15.7 Å². The van der Waals surface area contributed by atoms with E-state index in [9.17, 15) is 12.8 Å². The Labute approximate surface area is 176 Å². The lowest BCUT2D eigenvalue weighted by molar-refractivity contribution is 0.415. The number of halogens is 1. The van der Waals surface area contributed by atoms with Gasteiger partial charge >= 0.3 is 0 Å². The number of guanidine groups is 1. The largest absolute Gasteiger partial charge is 0.495 e. The Balaban J connectivity index is 1.53. The Hall–Kier alpha value is -2.81. The number of benzene rings is 2. The molecule has 2 aromatic rings. The van der Waals surface area contributed by atoms with Gasteiger partial charge < -0.3 is 20.3 Å². The summed E-state index contributed by atoms with van der Waals surface area (Å²) in [6.07, 6.45) is 0.909. The monoisotopic (exact) mass is 434 g/mol. The molecule has 0 spiro atoms. The van der Waals surface area contributed by atoms with E-state index in [4.69, 9.17) is 4.74 Å². The Bertz CT molecular complexity index is 997. The minimum absolute atomic E-state index is 0.124.